The van der Waals surface area contributed by atoms with Crippen LogP contribution in [0.2, 0.25) is 5.02 Å². The molecule has 0 unspecified atom stereocenters. The molecule has 0 saturated carbocycles. The molecular weight excluding hydrogens is 739 g/mol. The molecule has 0 radical (unpaired) electrons. The molecule has 3 aromatic rings. The minimum Gasteiger partial charge on any atom is -0.447 e. The van der Waals surface area contributed by atoms with Crippen molar-refractivity contribution < 1.29 is 45.1 Å². The van der Waals surface area contributed by atoms with Gasteiger partial charge >= 0.3 is 18.8 Å². The van der Waals surface area contributed by atoms with E-state index in [2.05, 4.69) is 26.9 Å². The van der Waals surface area contributed by atoms with Gasteiger partial charge in [-0.2, -0.15) is 32.2 Å². The quantitative estimate of drug-likeness (QED) is 0.0868. The number of anilines is 1. The lowest BCUT2D eigenvalue weighted by atomic mass is 9.75. The number of hydrogen-bond donors (Lipinski definition) is 2. The average molecular weight is 774 g/mol. The van der Waals surface area contributed by atoms with Gasteiger partial charge in [0.05, 0.1) is 22.9 Å². The molecule has 2 aromatic carbocycles. The zero-order chi connectivity index (χ0) is 39.5. The molecule has 20 heteroatoms. The summed E-state index contributed by atoms with van der Waals surface area (Å²) in [6.07, 6.45) is -6.92. The number of ether oxygens (including phenoxy) is 1. The van der Waals surface area contributed by atoms with Crippen LogP contribution in [0.25, 0.3) is 11.1 Å². The number of alkyl carbamates (subject to hydrolysis) is 1. The van der Waals surface area contributed by atoms with Gasteiger partial charge in [-0.15, -0.1) is 0 Å². The molecule has 2 amide bonds. The van der Waals surface area contributed by atoms with Gasteiger partial charge in [0.1, 0.15) is 13.2 Å². The lowest BCUT2D eigenvalue weighted by molar-refractivity contribution is -0.135. The number of nitrogens with zero attached hydrogens (tertiary/aromatic N) is 7. The number of carbonyl (C=O) groups is 2. The summed E-state index contributed by atoms with van der Waals surface area (Å²) in [6.45, 7) is 3.47. The molecule has 1 aromatic heterocycles. The number of rotatable bonds is 12. The van der Waals surface area contributed by atoms with E-state index in [4.69, 9.17) is 22.1 Å². The summed E-state index contributed by atoms with van der Waals surface area (Å²) in [5.41, 5.74) is 5.25. The van der Waals surface area contributed by atoms with Crippen molar-refractivity contribution in [1.29, 1.82) is 0 Å². The Morgan fingerprint density at radius 1 is 1.11 bits per heavy atom. The van der Waals surface area contributed by atoms with E-state index in [-0.39, 0.29) is 28.7 Å². The number of amidine groups is 1. The zero-order valence-electron chi connectivity index (χ0n) is 28.7. The summed E-state index contributed by atoms with van der Waals surface area (Å²) in [5, 5.41) is 9.38. The minimum atomic E-state index is -4.76. The molecule has 53 heavy (non-hydrogen) atoms. The van der Waals surface area contributed by atoms with Crippen LogP contribution in [0.5, 0.6) is 0 Å². The summed E-state index contributed by atoms with van der Waals surface area (Å²) >= 11 is 6.38. The topological polar surface area (TPSA) is 143 Å². The maximum Gasteiger partial charge on any atom is 0.407 e. The number of amides is 2. The molecule has 0 bridgehead atoms. The van der Waals surface area contributed by atoms with Gasteiger partial charge < -0.3 is 15.8 Å². The van der Waals surface area contributed by atoms with E-state index in [9.17, 15) is 40.3 Å². The highest BCUT2D eigenvalue weighted by Gasteiger charge is 2.53. The van der Waals surface area contributed by atoms with E-state index in [1.807, 2.05) is 20.8 Å². The van der Waals surface area contributed by atoms with E-state index in [0.29, 0.717) is 26.4 Å². The molecule has 12 nitrogen and oxygen atoms in total. The number of guanidine groups is 1. The van der Waals surface area contributed by atoms with Crippen LogP contribution < -0.4 is 16.1 Å². The second kappa shape index (κ2) is 15.8. The van der Waals surface area contributed by atoms with E-state index < -0.39 is 67.1 Å². The van der Waals surface area contributed by atoms with Gasteiger partial charge in [0, 0.05) is 25.5 Å². The Hall–Kier alpha value is -5.20. The van der Waals surface area contributed by atoms with Gasteiger partial charge in [-0.3, -0.25) is 14.7 Å². The highest BCUT2D eigenvalue weighted by molar-refractivity contribution is 6.34. The molecule has 286 valence electrons. The molecular formula is C33H35ClF7N9O3. The van der Waals surface area contributed by atoms with Gasteiger partial charge in [0.15, 0.2) is 17.3 Å². The lowest BCUT2D eigenvalue weighted by Crippen LogP contribution is -2.47. The normalized spacial score (nSPS) is 17.3. The number of aromatic nitrogens is 2. The van der Waals surface area contributed by atoms with Crippen molar-refractivity contribution in [2.24, 2.45) is 26.2 Å². The fraction of sp³-hybridized carbons (Fsp3) is 0.394. The van der Waals surface area contributed by atoms with Crippen LogP contribution in [0.1, 0.15) is 50.9 Å². The first-order chi connectivity index (χ1) is 24.7. The van der Waals surface area contributed by atoms with Gasteiger partial charge in [-0.25, -0.2) is 28.3 Å². The Morgan fingerprint density at radius 2 is 1.77 bits per heavy atom. The van der Waals surface area contributed by atoms with Crippen LogP contribution in [-0.2, 0) is 15.1 Å². The first-order valence-corrected chi connectivity index (χ1v) is 16.0. The van der Waals surface area contributed by atoms with Gasteiger partial charge in [-0.05, 0) is 40.7 Å². The molecule has 0 aliphatic carbocycles. The number of carbonyl (C=O) groups excluding carboxylic acids is 2. The number of alkyl halides is 7. The Balaban J connectivity index is 1.82. The second-order valence-corrected chi connectivity index (χ2v) is 13.3. The third-order valence-electron chi connectivity index (χ3n) is 7.89. The average Bonchev–Trinajstić information content (AvgIpc) is 3.66. The fourth-order valence-electron chi connectivity index (χ4n) is 5.76. The summed E-state index contributed by atoms with van der Waals surface area (Å²) in [6, 6.07) is 8.74. The summed E-state index contributed by atoms with van der Waals surface area (Å²) in [7, 11) is 1.09. The first kappa shape index (κ1) is 40.6. The van der Waals surface area contributed by atoms with Crippen LogP contribution in [0.15, 0.2) is 69.9 Å². The number of aliphatic imine (C=N–C) groups is 2. The second-order valence-electron chi connectivity index (χ2n) is 12.9. The minimum absolute atomic E-state index is 0.0586. The maximum atomic E-state index is 14.8. The summed E-state index contributed by atoms with van der Waals surface area (Å²) < 4.78 is 98.2. The molecule has 0 saturated heterocycles. The van der Waals surface area contributed by atoms with Crippen molar-refractivity contribution in [3.05, 3.63) is 71.0 Å². The third kappa shape index (κ3) is 9.24. The zero-order valence-corrected chi connectivity index (χ0v) is 29.5. The lowest BCUT2D eigenvalue weighted by Gasteiger charge is -2.35. The molecule has 0 fully saturated rings. The predicted molar refractivity (Wildman–Crippen MR) is 184 cm³/mol. The number of halogens is 8. The molecule has 2 atom stereocenters. The highest BCUT2D eigenvalue weighted by Crippen LogP contribution is 2.45. The van der Waals surface area contributed by atoms with Gasteiger partial charge in [0.25, 0.3) is 12.3 Å². The summed E-state index contributed by atoms with van der Waals surface area (Å²) in [4.78, 5) is 36.4. The van der Waals surface area contributed by atoms with Crippen molar-refractivity contribution in [1.82, 2.24) is 20.0 Å². The van der Waals surface area contributed by atoms with Crippen LogP contribution in [0, 0.1) is 5.41 Å². The van der Waals surface area contributed by atoms with Crippen molar-refractivity contribution in [2.75, 3.05) is 25.2 Å². The standard InChI is InChI=1S/C33H35ClF7N9O3/c1-31(2,3)16-32(21-9-6-18(7-10-21)20-13-46-48(14-20)28(37)38)27(51)49(29(42)47-32)24(15-53-30(52)45-17-33(39,40)41)19-8-11-22(34)23(12-19)50(44-5)26(43-4)25(35)36/h6-14,24-25,28H,5,15-17H2,1-4H3,(H2,42,47)(H,45,52)/t24-,32-/m1/s1. The van der Waals surface area contributed by atoms with Crippen molar-refractivity contribution >= 4 is 47.8 Å². The molecule has 1 aliphatic heterocycles. The van der Waals surface area contributed by atoms with Crippen molar-refractivity contribution in [3.8, 4) is 11.1 Å². The van der Waals surface area contributed by atoms with Crippen LogP contribution in [0.3, 0.4) is 0 Å². The monoisotopic (exact) mass is 773 g/mol. The number of hydrazone groups is 1. The van der Waals surface area contributed by atoms with E-state index in [1.165, 1.54) is 24.4 Å². The number of nitrogens with one attached hydrogen (secondary N) is 1. The van der Waals surface area contributed by atoms with E-state index >= 15 is 0 Å². The van der Waals surface area contributed by atoms with Crippen molar-refractivity contribution in [2.45, 2.75) is 57.9 Å². The van der Waals surface area contributed by atoms with Crippen LogP contribution in [-0.4, -0.2) is 78.0 Å². The largest absolute Gasteiger partial charge is 0.447 e. The first-order valence-electron chi connectivity index (χ1n) is 15.6. The van der Waals surface area contributed by atoms with E-state index in [1.54, 1.807) is 29.6 Å². The van der Waals surface area contributed by atoms with Crippen LogP contribution in [0.4, 0.5) is 41.2 Å². The smallest absolute Gasteiger partial charge is 0.407 e. The van der Waals surface area contributed by atoms with Gasteiger partial charge in [-0.1, -0.05) is 62.7 Å². The number of nitrogens with two attached hydrogens (primary N) is 1. The molecule has 0 spiro atoms. The highest BCUT2D eigenvalue weighted by atomic mass is 35.5. The third-order valence-corrected chi connectivity index (χ3v) is 8.21. The summed E-state index contributed by atoms with van der Waals surface area (Å²) in [5.74, 6) is -1.94. The fourth-order valence-corrected chi connectivity index (χ4v) is 5.96. The molecule has 2 heterocycles. The van der Waals surface area contributed by atoms with Gasteiger partial charge in [0.2, 0.25) is 0 Å². The van der Waals surface area contributed by atoms with Crippen molar-refractivity contribution in [3.63, 3.8) is 0 Å². The Bertz CT molecular complexity index is 1880. The predicted octanol–water partition coefficient (Wildman–Crippen LogP) is 7.13. The number of benzene rings is 2. The SMILES string of the molecule is C=NN(C(=NC)C(F)F)c1cc([C@@H](COC(=O)NCC(F)(F)F)N2C(=O)[C@@](CC(C)(C)C)(c3ccc(-c4cnn(C(F)F)c4)cc3)N=C2N)ccc1Cl. The molecule has 1 aliphatic rings. The molecule has 3 N–H and O–H groups in total. The molecule has 4 rings (SSSR count). The van der Waals surface area contributed by atoms with E-state index in [0.717, 1.165) is 18.1 Å². The maximum absolute atomic E-state index is 14.8. The Labute approximate surface area is 304 Å². The number of hydrogen-bond acceptors (Lipinski definition) is 8. The Kier molecular flexibility index (Phi) is 12.1. The Morgan fingerprint density at radius 3 is 2.30 bits per heavy atom. The van der Waals surface area contributed by atoms with Crippen LogP contribution >= 0.6 is 11.6 Å².